The molecule has 1 fully saturated rings. The van der Waals surface area contributed by atoms with Crippen LogP contribution in [0, 0.1) is 0 Å². The summed E-state index contributed by atoms with van der Waals surface area (Å²) in [6, 6.07) is 6.08. The largest absolute Gasteiger partial charge is 0.496 e. The molecule has 4 heteroatoms. The van der Waals surface area contributed by atoms with Gasteiger partial charge in [0.05, 0.1) is 20.3 Å². The molecule has 1 saturated heterocycles. The summed E-state index contributed by atoms with van der Waals surface area (Å²) in [5.41, 5.74) is 0.998. The van der Waals surface area contributed by atoms with Gasteiger partial charge in [0, 0.05) is 16.6 Å². The van der Waals surface area contributed by atoms with Crippen LogP contribution in [-0.2, 0) is 11.3 Å². The van der Waals surface area contributed by atoms with Crippen molar-refractivity contribution in [1.29, 1.82) is 0 Å². The second kappa shape index (κ2) is 6.24. The van der Waals surface area contributed by atoms with Crippen LogP contribution in [0.1, 0.15) is 18.4 Å². The van der Waals surface area contributed by atoms with Crippen LogP contribution in [0.4, 0.5) is 0 Å². The van der Waals surface area contributed by atoms with Gasteiger partial charge in [-0.15, -0.1) is 0 Å². The van der Waals surface area contributed by atoms with Crippen LogP contribution >= 0.6 is 11.6 Å². The van der Waals surface area contributed by atoms with Crippen molar-refractivity contribution in [2.75, 3.05) is 20.3 Å². The van der Waals surface area contributed by atoms with Gasteiger partial charge in [-0.3, -0.25) is 0 Å². The number of halogens is 1. The topological polar surface area (TPSA) is 30.5 Å². The van der Waals surface area contributed by atoms with E-state index < -0.39 is 0 Å². The molecule has 0 aliphatic carbocycles. The monoisotopic (exact) mass is 255 g/mol. The molecule has 2 rings (SSSR count). The lowest BCUT2D eigenvalue weighted by Crippen LogP contribution is -2.26. The lowest BCUT2D eigenvalue weighted by molar-refractivity contribution is 0.102. The van der Waals surface area contributed by atoms with Gasteiger partial charge in [-0.25, -0.2) is 0 Å². The van der Waals surface area contributed by atoms with Gasteiger partial charge in [0.15, 0.2) is 0 Å². The molecule has 17 heavy (non-hydrogen) atoms. The number of rotatable bonds is 5. The lowest BCUT2D eigenvalue weighted by Gasteiger charge is -2.13. The molecule has 1 unspecified atom stereocenters. The minimum Gasteiger partial charge on any atom is -0.496 e. The van der Waals surface area contributed by atoms with E-state index in [2.05, 4.69) is 5.32 Å². The van der Waals surface area contributed by atoms with Crippen molar-refractivity contribution in [3.8, 4) is 5.75 Å². The molecule has 1 N–H and O–H groups in total. The fourth-order valence-corrected chi connectivity index (χ4v) is 2.26. The summed E-state index contributed by atoms with van der Waals surface area (Å²) in [6.45, 7) is 2.39. The van der Waals surface area contributed by atoms with E-state index in [0.717, 1.165) is 24.5 Å². The van der Waals surface area contributed by atoms with E-state index in [0.29, 0.717) is 17.7 Å². The molecule has 1 aliphatic heterocycles. The molecule has 1 heterocycles. The third-order valence-corrected chi connectivity index (χ3v) is 3.22. The summed E-state index contributed by atoms with van der Waals surface area (Å²) in [5.74, 6) is 0.828. The average Bonchev–Trinajstić information content (AvgIpc) is 2.82. The average molecular weight is 256 g/mol. The van der Waals surface area contributed by atoms with Crippen LogP contribution in [0.3, 0.4) is 0 Å². The zero-order valence-electron chi connectivity index (χ0n) is 10.0. The van der Waals surface area contributed by atoms with Crippen LogP contribution < -0.4 is 10.1 Å². The van der Waals surface area contributed by atoms with Crippen molar-refractivity contribution in [3.05, 3.63) is 28.8 Å². The van der Waals surface area contributed by atoms with Crippen molar-refractivity contribution in [1.82, 2.24) is 5.32 Å². The Labute approximate surface area is 107 Å². The lowest BCUT2D eigenvalue weighted by atomic mass is 10.2. The van der Waals surface area contributed by atoms with Crippen molar-refractivity contribution in [2.45, 2.75) is 25.5 Å². The standard InChI is InChI=1S/C13H18ClNO2/c1-16-13-5-4-11(14)7-10(13)8-17-9-12-3-2-6-15-12/h4-5,7,12,15H,2-3,6,8-9H2,1H3. The molecule has 94 valence electrons. The molecule has 0 radical (unpaired) electrons. The highest BCUT2D eigenvalue weighted by molar-refractivity contribution is 6.30. The molecule has 1 aliphatic rings. The molecule has 0 amide bonds. The highest BCUT2D eigenvalue weighted by Gasteiger charge is 2.14. The Morgan fingerprint density at radius 3 is 3.06 bits per heavy atom. The molecule has 1 atom stereocenters. The number of benzene rings is 1. The first-order valence-corrected chi connectivity index (χ1v) is 6.31. The maximum absolute atomic E-state index is 5.96. The van der Waals surface area contributed by atoms with Crippen LogP contribution in [0.5, 0.6) is 5.75 Å². The summed E-state index contributed by atoms with van der Waals surface area (Å²) >= 11 is 5.96. The number of ether oxygens (including phenoxy) is 2. The summed E-state index contributed by atoms with van der Waals surface area (Å²) in [5, 5.41) is 4.11. The third-order valence-electron chi connectivity index (χ3n) is 2.98. The van der Waals surface area contributed by atoms with Gasteiger partial charge in [0.1, 0.15) is 5.75 Å². The van der Waals surface area contributed by atoms with E-state index in [-0.39, 0.29) is 0 Å². The number of hydrogen-bond acceptors (Lipinski definition) is 3. The van der Waals surface area contributed by atoms with Crippen LogP contribution in [0.25, 0.3) is 0 Å². The summed E-state index contributed by atoms with van der Waals surface area (Å²) in [4.78, 5) is 0. The van der Waals surface area contributed by atoms with E-state index >= 15 is 0 Å². The second-order valence-electron chi connectivity index (χ2n) is 4.26. The molecule has 0 saturated carbocycles. The van der Waals surface area contributed by atoms with E-state index in [9.17, 15) is 0 Å². The van der Waals surface area contributed by atoms with Crippen molar-refractivity contribution in [3.63, 3.8) is 0 Å². The minimum atomic E-state index is 0.500. The quantitative estimate of drug-likeness (QED) is 0.877. The summed E-state index contributed by atoms with van der Waals surface area (Å²) < 4.78 is 11.0. The van der Waals surface area contributed by atoms with Gasteiger partial charge in [0.25, 0.3) is 0 Å². The number of nitrogens with one attached hydrogen (secondary N) is 1. The van der Waals surface area contributed by atoms with E-state index in [1.807, 2.05) is 18.2 Å². The van der Waals surface area contributed by atoms with E-state index in [1.54, 1.807) is 7.11 Å². The highest BCUT2D eigenvalue weighted by Crippen LogP contribution is 2.23. The van der Waals surface area contributed by atoms with Crippen LogP contribution in [0.2, 0.25) is 5.02 Å². The molecule has 0 bridgehead atoms. The van der Waals surface area contributed by atoms with Gasteiger partial charge < -0.3 is 14.8 Å². The Morgan fingerprint density at radius 1 is 1.47 bits per heavy atom. The Bertz CT molecular complexity index is 364. The Kier molecular flexibility index (Phi) is 4.66. The Morgan fingerprint density at radius 2 is 2.35 bits per heavy atom. The summed E-state index contributed by atoms with van der Waals surface area (Å²) in [7, 11) is 1.66. The van der Waals surface area contributed by atoms with E-state index in [1.165, 1.54) is 12.8 Å². The van der Waals surface area contributed by atoms with Crippen LogP contribution in [-0.4, -0.2) is 26.3 Å². The third kappa shape index (κ3) is 3.60. The van der Waals surface area contributed by atoms with Crippen molar-refractivity contribution in [2.24, 2.45) is 0 Å². The smallest absolute Gasteiger partial charge is 0.124 e. The minimum absolute atomic E-state index is 0.500. The molecule has 0 spiro atoms. The zero-order chi connectivity index (χ0) is 12.1. The Hall–Kier alpha value is -0.770. The SMILES string of the molecule is COc1ccc(Cl)cc1COCC1CCCN1. The van der Waals surface area contributed by atoms with Gasteiger partial charge >= 0.3 is 0 Å². The number of methoxy groups -OCH3 is 1. The first-order chi connectivity index (χ1) is 8.29. The molecule has 1 aromatic carbocycles. The first kappa shape index (κ1) is 12.7. The molecule has 1 aromatic rings. The zero-order valence-corrected chi connectivity index (χ0v) is 10.8. The number of hydrogen-bond donors (Lipinski definition) is 1. The van der Waals surface area contributed by atoms with E-state index in [4.69, 9.17) is 21.1 Å². The van der Waals surface area contributed by atoms with Crippen molar-refractivity contribution >= 4 is 11.6 Å². The molecular weight excluding hydrogens is 238 g/mol. The molecular formula is C13H18ClNO2. The van der Waals surface area contributed by atoms with Gasteiger partial charge in [-0.2, -0.15) is 0 Å². The van der Waals surface area contributed by atoms with Gasteiger partial charge in [0.2, 0.25) is 0 Å². The maximum Gasteiger partial charge on any atom is 0.124 e. The predicted molar refractivity (Wildman–Crippen MR) is 68.7 cm³/mol. The molecule has 0 aromatic heterocycles. The van der Waals surface area contributed by atoms with Crippen molar-refractivity contribution < 1.29 is 9.47 Å². The van der Waals surface area contributed by atoms with Gasteiger partial charge in [-0.1, -0.05) is 11.6 Å². The van der Waals surface area contributed by atoms with Crippen LogP contribution in [0.15, 0.2) is 18.2 Å². The van der Waals surface area contributed by atoms with Gasteiger partial charge in [-0.05, 0) is 37.6 Å². The fraction of sp³-hybridized carbons (Fsp3) is 0.538. The fourth-order valence-electron chi connectivity index (χ4n) is 2.07. The molecule has 3 nitrogen and oxygen atoms in total. The Balaban J connectivity index is 1.86. The summed E-state index contributed by atoms with van der Waals surface area (Å²) in [6.07, 6.45) is 2.45. The predicted octanol–water partition coefficient (Wildman–Crippen LogP) is 2.62. The second-order valence-corrected chi connectivity index (χ2v) is 4.70. The first-order valence-electron chi connectivity index (χ1n) is 5.93. The highest BCUT2D eigenvalue weighted by atomic mass is 35.5. The maximum atomic E-state index is 5.96. The normalized spacial score (nSPS) is 19.5.